The van der Waals surface area contributed by atoms with Crippen molar-refractivity contribution in [3.8, 4) is 0 Å². The Kier molecular flexibility index (Phi) is 3.92. The maximum atomic E-state index is 5.99. The molecule has 130 valence electrons. The van der Waals surface area contributed by atoms with Crippen LogP contribution >= 0.6 is 0 Å². The first-order valence-electron chi connectivity index (χ1n) is 8.74. The summed E-state index contributed by atoms with van der Waals surface area (Å²) in [6, 6.07) is 0.576. The number of aryl methyl sites for hydroxylation is 2. The van der Waals surface area contributed by atoms with Crippen molar-refractivity contribution in [3.05, 3.63) is 28.7 Å². The van der Waals surface area contributed by atoms with Crippen molar-refractivity contribution in [2.75, 3.05) is 19.7 Å². The van der Waals surface area contributed by atoms with Gasteiger partial charge in [0.1, 0.15) is 6.10 Å². The molecule has 4 rings (SSSR count). The summed E-state index contributed by atoms with van der Waals surface area (Å²) in [5.74, 6) is 1.33. The van der Waals surface area contributed by atoms with Crippen LogP contribution in [0, 0.1) is 13.8 Å². The number of hydrogen-bond acceptors (Lipinski definition) is 6. The molecular weight excluding hydrogens is 306 g/mol. The summed E-state index contributed by atoms with van der Waals surface area (Å²) in [4.78, 5) is 7.14. The van der Waals surface area contributed by atoms with Gasteiger partial charge in [0, 0.05) is 30.9 Å². The molecule has 2 aromatic rings. The van der Waals surface area contributed by atoms with Gasteiger partial charge in [-0.3, -0.25) is 9.58 Å². The lowest BCUT2D eigenvalue weighted by atomic mass is 9.99. The van der Waals surface area contributed by atoms with Gasteiger partial charge in [-0.1, -0.05) is 5.16 Å². The zero-order valence-corrected chi connectivity index (χ0v) is 14.8. The van der Waals surface area contributed by atoms with E-state index >= 15 is 0 Å². The molecule has 2 aliphatic rings. The molecule has 7 nitrogen and oxygen atoms in total. The average molecular weight is 331 g/mol. The van der Waals surface area contributed by atoms with Crippen LogP contribution in [-0.2, 0) is 11.8 Å². The van der Waals surface area contributed by atoms with E-state index in [-0.39, 0.29) is 12.0 Å². The molecule has 3 unspecified atom stereocenters. The molecule has 0 N–H and O–H groups in total. The normalized spacial score (nSPS) is 25.8. The molecule has 3 atom stereocenters. The van der Waals surface area contributed by atoms with Crippen LogP contribution in [0.2, 0.25) is 0 Å². The SMILES string of the molecule is Cc1nn(C)c(C)c1C(C)c1nc(C2CN3CCCC3CO2)no1. The van der Waals surface area contributed by atoms with Crippen LogP contribution < -0.4 is 0 Å². The maximum Gasteiger partial charge on any atom is 0.234 e. The Hall–Kier alpha value is -1.73. The highest BCUT2D eigenvalue weighted by molar-refractivity contribution is 5.31. The van der Waals surface area contributed by atoms with Crippen molar-refractivity contribution in [1.29, 1.82) is 0 Å². The quantitative estimate of drug-likeness (QED) is 0.858. The summed E-state index contributed by atoms with van der Waals surface area (Å²) in [6.07, 6.45) is 2.41. The molecule has 2 saturated heterocycles. The number of nitrogens with zero attached hydrogens (tertiary/aromatic N) is 5. The maximum absolute atomic E-state index is 5.99. The van der Waals surface area contributed by atoms with Crippen molar-refractivity contribution in [3.63, 3.8) is 0 Å². The first-order valence-corrected chi connectivity index (χ1v) is 8.74. The van der Waals surface area contributed by atoms with Crippen LogP contribution in [0.5, 0.6) is 0 Å². The monoisotopic (exact) mass is 331 g/mol. The summed E-state index contributed by atoms with van der Waals surface area (Å²) in [5, 5.41) is 8.69. The van der Waals surface area contributed by atoms with E-state index in [1.54, 1.807) is 0 Å². The number of rotatable bonds is 3. The molecule has 2 aromatic heterocycles. The van der Waals surface area contributed by atoms with E-state index < -0.39 is 0 Å². The predicted octanol–water partition coefficient (Wildman–Crippen LogP) is 2.11. The van der Waals surface area contributed by atoms with Crippen LogP contribution in [0.25, 0.3) is 0 Å². The predicted molar refractivity (Wildman–Crippen MR) is 87.8 cm³/mol. The van der Waals surface area contributed by atoms with Gasteiger partial charge in [-0.15, -0.1) is 0 Å². The number of hydrogen-bond donors (Lipinski definition) is 0. The second-order valence-corrected chi connectivity index (χ2v) is 7.03. The van der Waals surface area contributed by atoms with Gasteiger partial charge in [0.15, 0.2) is 0 Å². The standard InChI is InChI=1S/C17H25N5O2/c1-10(15-11(2)19-21(4)12(15)3)17-18-16(20-24-17)14-8-22-7-5-6-13(22)9-23-14/h10,13-14H,5-9H2,1-4H3. The molecule has 0 bridgehead atoms. The molecule has 24 heavy (non-hydrogen) atoms. The fourth-order valence-corrected chi connectivity index (χ4v) is 4.07. The molecule has 7 heteroatoms. The molecule has 2 fully saturated rings. The van der Waals surface area contributed by atoms with E-state index in [1.807, 2.05) is 18.7 Å². The molecule has 0 saturated carbocycles. The molecule has 0 spiro atoms. The second-order valence-electron chi connectivity index (χ2n) is 7.03. The van der Waals surface area contributed by atoms with E-state index in [0.29, 0.717) is 17.8 Å². The Morgan fingerprint density at radius 3 is 2.88 bits per heavy atom. The third-order valence-electron chi connectivity index (χ3n) is 5.50. The third-order valence-corrected chi connectivity index (χ3v) is 5.50. The van der Waals surface area contributed by atoms with E-state index in [2.05, 4.69) is 34.0 Å². The van der Waals surface area contributed by atoms with Crippen molar-refractivity contribution in [2.45, 2.75) is 51.7 Å². The number of fused-ring (bicyclic) bond motifs is 1. The van der Waals surface area contributed by atoms with E-state index in [4.69, 9.17) is 9.26 Å². The first kappa shape index (κ1) is 15.8. The van der Waals surface area contributed by atoms with E-state index in [0.717, 1.165) is 36.6 Å². The summed E-state index contributed by atoms with van der Waals surface area (Å²) in [7, 11) is 1.96. The second kappa shape index (κ2) is 5.97. The van der Waals surface area contributed by atoms with Crippen LogP contribution in [0.1, 0.15) is 60.5 Å². The van der Waals surface area contributed by atoms with Gasteiger partial charge in [0.2, 0.25) is 11.7 Å². The van der Waals surface area contributed by atoms with Gasteiger partial charge >= 0.3 is 0 Å². The smallest absolute Gasteiger partial charge is 0.234 e. The van der Waals surface area contributed by atoms with Gasteiger partial charge < -0.3 is 9.26 Å². The van der Waals surface area contributed by atoms with Crippen molar-refractivity contribution in [1.82, 2.24) is 24.8 Å². The molecule has 0 aliphatic carbocycles. The Morgan fingerprint density at radius 1 is 1.29 bits per heavy atom. The van der Waals surface area contributed by atoms with Gasteiger partial charge in [0.05, 0.1) is 18.2 Å². The lowest BCUT2D eigenvalue weighted by Gasteiger charge is -2.33. The highest BCUT2D eigenvalue weighted by atomic mass is 16.5. The van der Waals surface area contributed by atoms with Crippen molar-refractivity contribution < 1.29 is 9.26 Å². The highest BCUT2D eigenvalue weighted by Gasteiger charge is 2.35. The zero-order chi connectivity index (χ0) is 16.8. The molecule has 0 amide bonds. The Labute approximate surface area is 142 Å². The van der Waals surface area contributed by atoms with E-state index in [9.17, 15) is 0 Å². The highest BCUT2D eigenvalue weighted by Crippen LogP contribution is 2.31. The van der Waals surface area contributed by atoms with Crippen LogP contribution in [-0.4, -0.2) is 50.6 Å². The molecular formula is C17H25N5O2. The number of morpholine rings is 1. The molecule has 4 heterocycles. The fourth-order valence-electron chi connectivity index (χ4n) is 4.07. The minimum absolute atomic E-state index is 0.0306. The van der Waals surface area contributed by atoms with Crippen molar-refractivity contribution >= 4 is 0 Å². The van der Waals surface area contributed by atoms with Gasteiger partial charge in [0.25, 0.3) is 0 Å². The van der Waals surface area contributed by atoms with Crippen molar-refractivity contribution in [2.24, 2.45) is 7.05 Å². The zero-order valence-electron chi connectivity index (χ0n) is 14.8. The molecule has 0 aromatic carbocycles. The number of ether oxygens (including phenoxy) is 1. The van der Waals surface area contributed by atoms with Crippen LogP contribution in [0.3, 0.4) is 0 Å². The first-order chi connectivity index (χ1) is 11.5. The summed E-state index contributed by atoms with van der Waals surface area (Å²) < 4.78 is 13.5. The summed E-state index contributed by atoms with van der Waals surface area (Å²) >= 11 is 0. The van der Waals surface area contributed by atoms with Crippen LogP contribution in [0.4, 0.5) is 0 Å². The molecule has 0 radical (unpaired) electrons. The topological polar surface area (TPSA) is 69.2 Å². The Balaban J connectivity index is 1.54. The largest absolute Gasteiger partial charge is 0.367 e. The minimum Gasteiger partial charge on any atom is -0.367 e. The Morgan fingerprint density at radius 2 is 2.12 bits per heavy atom. The third kappa shape index (κ3) is 2.56. The summed E-state index contributed by atoms with van der Waals surface area (Å²) in [5.41, 5.74) is 3.31. The van der Waals surface area contributed by atoms with Gasteiger partial charge in [-0.25, -0.2) is 0 Å². The lowest BCUT2D eigenvalue weighted by Crippen LogP contribution is -2.42. The average Bonchev–Trinajstić information content (AvgIpc) is 3.27. The summed E-state index contributed by atoms with van der Waals surface area (Å²) in [6.45, 7) is 8.97. The lowest BCUT2D eigenvalue weighted by molar-refractivity contribution is -0.0548. The number of aromatic nitrogens is 4. The molecule has 2 aliphatic heterocycles. The fraction of sp³-hybridized carbons (Fsp3) is 0.706. The Bertz CT molecular complexity index is 737. The van der Waals surface area contributed by atoms with Gasteiger partial charge in [-0.2, -0.15) is 10.1 Å². The van der Waals surface area contributed by atoms with Crippen LogP contribution in [0.15, 0.2) is 4.52 Å². The minimum atomic E-state index is -0.0832. The van der Waals surface area contributed by atoms with Gasteiger partial charge in [-0.05, 0) is 40.2 Å². The van der Waals surface area contributed by atoms with E-state index in [1.165, 1.54) is 12.8 Å².